The molecular formula is C25H33N3O3S. The van der Waals surface area contributed by atoms with Crippen molar-refractivity contribution < 1.29 is 13.8 Å². The van der Waals surface area contributed by atoms with E-state index in [4.69, 9.17) is 0 Å². The van der Waals surface area contributed by atoms with E-state index in [-0.39, 0.29) is 23.3 Å². The van der Waals surface area contributed by atoms with Crippen molar-refractivity contribution in [3.8, 4) is 0 Å². The first-order valence-electron chi connectivity index (χ1n) is 11.0. The van der Waals surface area contributed by atoms with Crippen molar-refractivity contribution in [2.75, 3.05) is 47.9 Å². The monoisotopic (exact) mass is 455 g/mol. The Labute approximate surface area is 193 Å². The van der Waals surface area contributed by atoms with E-state index < -0.39 is 10.8 Å². The molecule has 2 amide bonds. The number of carbonyl (C=O) groups excluding carboxylic acids is 2. The van der Waals surface area contributed by atoms with E-state index in [0.29, 0.717) is 13.1 Å². The van der Waals surface area contributed by atoms with Crippen LogP contribution in [0.25, 0.3) is 0 Å². The highest BCUT2D eigenvalue weighted by atomic mass is 32.2. The number of hydrogen-bond donors (Lipinski definition) is 1. The lowest BCUT2D eigenvalue weighted by Crippen LogP contribution is -2.50. The number of piperazine rings is 1. The summed E-state index contributed by atoms with van der Waals surface area (Å²) in [6.07, 6.45) is 0. The first kappa shape index (κ1) is 24.0. The van der Waals surface area contributed by atoms with Crippen LogP contribution in [0.1, 0.15) is 27.8 Å². The second-order valence-corrected chi connectivity index (χ2v) is 10.1. The van der Waals surface area contributed by atoms with Gasteiger partial charge in [0.25, 0.3) is 0 Å². The Bertz CT molecular complexity index is 1020. The van der Waals surface area contributed by atoms with Crippen LogP contribution in [0.2, 0.25) is 0 Å². The lowest BCUT2D eigenvalue weighted by molar-refractivity contribution is -0.128. The SMILES string of the molecule is Cc1cc(C)c(NC(=O)C[S@](=O)CC(=O)N2CCN(c3cccc(C)c3C)CC2)c(C)c1. The molecule has 32 heavy (non-hydrogen) atoms. The number of rotatable bonds is 6. The third-order valence-electron chi connectivity index (χ3n) is 6.07. The fraction of sp³-hybridized carbons (Fsp3) is 0.440. The van der Waals surface area contributed by atoms with Crippen LogP contribution < -0.4 is 10.2 Å². The van der Waals surface area contributed by atoms with Gasteiger partial charge in [-0.05, 0) is 62.9 Å². The van der Waals surface area contributed by atoms with E-state index in [1.807, 2.05) is 32.9 Å². The van der Waals surface area contributed by atoms with Gasteiger partial charge in [-0.3, -0.25) is 13.8 Å². The molecule has 0 aromatic heterocycles. The predicted molar refractivity (Wildman–Crippen MR) is 132 cm³/mol. The molecule has 0 spiro atoms. The van der Waals surface area contributed by atoms with Crippen LogP contribution in [0.15, 0.2) is 30.3 Å². The van der Waals surface area contributed by atoms with Gasteiger partial charge in [0.1, 0.15) is 11.5 Å². The molecule has 0 aliphatic carbocycles. The third kappa shape index (κ3) is 5.76. The third-order valence-corrected chi connectivity index (χ3v) is 7.22. The summed E-state index contributed by atoms with van der Waals surface area (Å²) in [5.74, 6) is -0.783. The summed E-state index contributed by atoms with van der Waals surface area (Å²) in [5, 5.41) is 2.86. The van der Waals surface area contributed by atoms with Gasteiger partial charge in [0.15, 0.2) is 0 Å². The Morgan fingerprint density at radius 1 is 0.906 bits per heavy atom. The molecule has 0 saturated carbocycles. The van der Waals surface area contributed by atoms with Gasteiger partial charge in [0.05, 0.1) is 0 Å². The lowest BCUT2D eigenvalue weighted by Gasteiger charge is -2.37. The maximum atomic E-state index is 12.6. The number of nitrogens with zero attached hydrogens (tertiary/aromatic N) is 2. The maximum absolute atomic E-state index is 12.6. The smallest absolute Gasteiger partial charge is 0.237 e. The quantitative estimate of drug-likeness (QED) is 0.726. The summed E-state index contributed by atoms with van der Waals surface area (Å²) in [6, 6.07) is 10.3. The first-order valence-corrected chi connectivity index (χ1v) is 12.5. The zero-order valence-electron chi connectivity index (χ0n) is 19.7. The fourth-order valence-electron chi connectivity index (χ4n) is 4.25. The largest absolute Gasteiger partial charge is 0.368 e. The summed E-state index contributed by atoms with van der Waals surface area (Å²) in [6.45, 7) is 12.8. The van der Waals surface area contributed by atoms with Crippen molar-refractivity contribution in [3.63, 3.8) is 0 Å². The summed E-state index contributed by atoms with van der Waals surface area (Å²) in [4.78, 5) is 29.1. The number of aryl methyl sites for hydroxylation is 4. The van der Waals surface area contributed by atoms with Crippen LogP contribution in [-0.2, 0) is 20.4 Å². The molecule has 1 atom stereocenters. The van der Waals surface area contributed by atoms with Crippen molar-refractivity contribution in [3.05, 3.63) is 58.1 Å². The highest BCUT2D eigenvalue weighted by Gasteiger charge is 2.24. The zero-order valence-corrected chi connectivity index (χ0v) is 20.5. The number of amides is 2. The second kappa shape index (κ2) is 10.3. The highest BCUT2D eigenvalue weighted by molar-refractivity contribution is 7.86. The molecule has 0 bridgehead atoms. The van der Waals surface area contributed by atoms with Crippen molar-refractivity contribution in [1.29, 1.82) is 0 Å². The number of hydrogen-bond acceptors (Lipinski definition) is 4. The van der Waals surface area contributed by atoms with Crippen molar-refractivity contribution in [1.82, 2.24) is 4.90 Å². The minimum Gasteiger partial charge on any atom is -0.368 e. The van der Waals surface area contributed by atoms with Gasteiger partial charge >= 0.3 is 0 Å². The Morgan fingerprint density at radius 3 is 2.16 bits per heavy atom. The van der Waals surface area contributed by atoms with E-state index in [1.54, 1.807) is 4.90 Å². The number of benzene rings is 2. The lowest BCUT2D eigenvalue weighted by atomic mass is 10.1. The summed E-state index contributed by atoms with van der Waals surface area (Å²) in [5.41, 5.74) is 7.55. The van der Waals surface area contributed by atoms with Crippen molar-refractivity contribution in [2.24, 2.45) is 0 Å². The standard InChI is InChI=1S/C25H33N3O3S/c1-17-13-19(3)25(20(4)14-17)26-23(29)15-32(31)16-24(30)28-11-9-27(10-12-28)22-8-6-7-18(2)21(22)5/h6-8,13-14H,9-12,15-16H2,1-5H3,(H,26,29)/t32-/m0/s1. The minimum absolute atomic E-state index is 0.122. The Balaban J connectivity index is 1.49. The normalized spacial score (nSPS) is 14.9. The molecule has 1 N–H and O–H groups in total. The molecule has 1 fully saturated rings. The first-order chi connectivity index (χ1) is 15.2. The molecule has 1 aliphatic heterocycles. The molecule has 0 radical (unpaired) electrons. The molecule has 6 nitrogen and oxygen atoms in total. The summed E-state index contributed by atoms with van der Waals surface area (Å²) in [7, 11) is -1.54. The van der Waals surface area contributed by atoms with Gasteiger partial charge in [-0.1, -0.05) is 29.8 Å². The fourth-order valence-corrected chi connectivity index (χ4v) is 5.18. The van der Waals surface area contributed by atoms with E-state index in [0.717, 1.165) is 35.5 Å². The van der Waals surface area contributed by atoms with Crippen LogP contribution in [0.3, 0.4) is 0 Å². The molecule has 1 heterocycles. The molecule has 1 saturated heterocycles. The average molecular weight is 456 g/mol. The van der Waals surface area contributed by atoms with E-state index in [9.17, 15) is 13.8 Å². The van der Waals surface area contributed by atoms with E-state index in [2.05, 4.69) is 42.3 Å². The molecule has 2 aromatic carbocycles. The number of anilines is 2. The number of nitrogens with one attached hydrogen (secondary N) is 1. The summed E-state index contributed by atoms with van der Waals surface area (Å²) < 4.78 is 12.5. The minimum atomic E-state index is -1.54. The van der Waals surface area contributed by atoms with Crippen LogP contribution >= 0.6 is 0 Å². The maximum Gasteiger partial charge on any atom is 0.237 e. The van der Waals surface area contributed by atoms with Gasteiger partial charge in [0, 0.05) is 48.4 Å². The molecule has 0 unspecified atom stereocenters. The topological polar surface area (TPSA) is 69.7 Å². The number of carbonyl (C=O) groups is 2. The van der Waals surface area contributed by atoms with Gasteiger partial charge in [-0.25, -0.2) is 0 Å². The van der Waals surface area contributed by atoms with Crippen LogP contribution in [0.4, 0.5) is 11.4 Å². The molecular weight excluding hydrogens is 422 g/mol. The zero-order chi connectivity index (χ0) is 23.4. The van der Waals surface area contributed by atoms with Crippen LogP contribution in [0.5, 0.6) is 0 Å². The molecule has 1 aliphatic rings. The Morgan fingerprint density at radius 2 is 1.53 bits per heavy atom. The van der Waals surface area contributed by atoms with Gasteiger partial charge < -0.3 is 15.1 Å². The molecule has 7 heteroatoms. The van der Waals surface area contributed by atoms with Crippen LogP contribution in [0, 0.1) is 34.6 Å². The predicted octanol–water partition coefficient (Wildman–Crippen LogP) is 3.26. The second-order valence-electron chi connectivity index (χ2n) is 8.64. The Hall–Kier alpha value is -2.67. The van der Waals surface area contributed by atoms with E-state index in [1.165, 1.54) is 16.8 Å². The Kier molecular flexibility index (Phi) is 7.72. The molecule has 3 rings (SSSR count). The highest BCUT2D eigenvalue weighted by Crippen LogP contribution is 2.24. The molecule has 172 valence electrons. The van der Waals surface area contributed by atoms with Crippen molar-refractivity contribution in [2.45, 2.75) is 34.6 Å². The van der Waals surface area contributed by atoms with Crippen molar-refractivity contribution >= 4 is 34.0 Å². The van der Waals surface area contributed by atoms with Gasteiger partial charge in [-0.15, -0.1) is 0 Å². The summed E-state index contributed by atoms with van der Waals surface area (Å²) >= 11 is 0. The van der Waals surface area contributed by atoms with E-state index >= 15 is 0 Å². The van der Waals surface area contributed by atoms with Crippen LogP contribution in [-0.4, -0.2) is 58.6 Å². The molecule has 2 aromatic rings. The van der Waals surface area contributed by atoms with Gasteiger partial charge in [-0.2, -0.15) is 0 Å². The average Bonchev–Trinajstić information content (AvgIpc) is 2.72. The van der Waals surface area contributed by atoms with Gasteiger partial charge in [0.2, 0.25) is 11.8 Å².